The lowest BCUT2D eigenvalue weighted by Crippen LogP contribution is -2.58. The summed E-state index contributed by atoms with van der Waals surface area (Å²) in [7, 11) is 0. The molecule has 0 aliphatic carbocycles. The van der Waals surface area contributed by atoms with Gasteiger partial charge in [-0.1, -0.05) is 117 Å². The van der Waals surface area contributed by atoms with Gasteiger partial charge in [-0.15, -0.1) is 0 Å². The van der Waals surface area contributed by atoms with E-state index in [0.29, 0.717) is 0 Å². The second kappa shape index (κ2) is 11.7. The molecule has 4 aromatic carbocycles. The second-order valence-corrected chi connectivity index (χ2v) is 16.7. The molecule has 3 heterocycles. The average Bonchev–Trinajstić information content (AvgIpc) is 3.53. The minimum atomic E-state index is -0.755. The standard InChI is InChI=1S/C45H56NO2/c1-29-15-30(2)20-37(19-29)44(38-21-31(3)16-32(4)22-38)27-46(13-11-12-14-46)28-45(39-23-33(5)17-34(6)24-39,40-25-35(7)18-36(8)26-40)42-41(44)47-43(9,10)48-42/h15-26,41-42H,11-14,27-28H2,1-10H3/q+1/t41-,42-/m1/s1. The highest BCUT2D eigenvalue weighted by Gasteiger charge is 2.68. The van der Waals surface area contributed by atoms with E-state index < -0.39 is 16.6 Å². The lowest BCUT2D eigenvalue weighted by molar-refractivity contribution is -0.922. The van der Waals surface area contributed by atoms with Crippen LogP contribution < -0.4 is 0 Å². The monoisotopic (exact) mass is 642 g/mol. The van der Waals surface area contributed by atoms with Crippen LogP contribution >= 0.6 is 0 Å². The van der Waals surface area contributed by atoms with Gasteiger partial charge >= 0.3 is 0 Å². The van der Waals surface area contributed by atoms with Crippen molar-refractivity contribution >= 4 is 0 Å². The lowest BCUT2D eigenvalue weighted by Gasteiger charge is -2.46. The van der Waals surface area contributed by atoms with Crippen LogP contribution in [-0.2, 0) is 20.3 Å². The number of rotatable bonds is 4. The number of aryl methyl sites for hydroxylation is 8. The van der Waals surface area contributed by atoms with Crippen LogP contribution in [0, 0.1) is 55.4 Å². The molecule has 3 aliphatic heterocycles. The van der Waals surface area contributed by atoms with Crippen molar-refractivity contribution in [3.8, 4) is 0 Å². The third-order valence-corrected chi connectivity index (χ3v) is 11.7. The van der Waals surface area contributed by atoms with Crippen molar-refractivity contribution in [3.05, 3.63) is 140 Å². The third kappa shape index (κ3) is 5.56. The van der Waals surface area contributed by atoms with Crippen LogP contribution in [0.2, 0.25) is 0 Å². The fourth-order valence-corrected chi connectivity index (χ4v) is 10.4. The van der Waals surface area contributed by atoms with Crippen LogP contribution in [0.1, 0.15) is 93.5 Å². The summed E-state index contributed by atoms with van der Waals surface area (Å²) < 4.78 is 16.1. The van der Waals surface area contributed by atoms with E-state index in [9.17, 15) is 0 Å². The van der Waals surface area contributed by atoms with Crippen molar-refractivity contribution in [2.24, 2.45) is 0 Å². The van der Waals surface area contributed by atoms with E-state index in [1.807, 2.05) is 0 Å². The molecule has 252 valence electrons. The average molecular weight is 643 g/mol. The number of hydrogen-bond acceptors (Lipinski definition) is 2. The maximum Gasteiger partial charge on any atom is 0.163 e. The molecule has 4 aromatic rings. The SMILES string of the molecule is Cc1cc(C)cc(C2(c3cc(C)cc(C)c3)C[N+]3(CCCC3)CC(c3cc(C)cc(C)c3)(c3cc(C)cc(C)c3)[C@@H]3OC(C)(C)O[C@H]32)c1. The molecule has 0 saturated carbocycles. The number of quaternary nitrogens is 1. The Labute approximate surface area is 289 Å². The van der Waals surface area contributed by atoms with Crippen LogP contribution in [-0.4, -0.2) is 48.7 Å². The van der Waals surface area contributed by atoms with E-state index in [1.54, 1.807) is 0 Å². The van der Waals surface area contributed by atoms with E-state index in [-0.39, 0.29) is 12.2 Å². The summed E-state index contributed by atoms with van der Waals surface area (Å²) >= 11 is 0. The van der Waals surface area contributed by atoms with Gasteiger partial charge in [0.05, 0.1) is 37.0 Å². The van der Waals surface area contributed by atoms with Gasteiger partial charge in [0.1, 0.15) is 12.2 Å². The molecule has 48 heavy (non-hydrogen) atoms. The molecule has 2 atom stereocenters. The van der Waals surface area contributed by atoms with Crippen molar-refractivity contribution in [3.63, 3.8) is 0 Å². The highest BCUT2D eigenvalue weighted by atomic mass is 16.8. The summed E-state index contributed by atoms with van der Waals surface area (Å²) in [6.45, 7) is 26.6. The Bertz CT molecular complexity index is 1560. The van der Waals surface area contributed by atoms with Crippen LogP contribution in [0.3, 0.4) is 0 Å². The molecule has 1 spiro atoms. The normalized spacial score (nSPS) is 23.6. The second-order valence-electron chi connectivity index (χ2n) is 16.7. The highest BCUT2D eigenvalue weighted by molar-refractivity contribution is 5.53. The summed E-state index contributed by atoms with van der Waals surface area (Å²) in [5.41, 5.74) is 15.0. The van der Waals surface area contributed by atoms with Gasteiger partial charge in [-0.25, -0.2) is 0 Å². The first kappa shape index (κ1) is 33.3. The third-order valence-electron chi connectivity index (χ3n) is 11.7. The molecule has 0 unspecified atom stereocenters. The smallest absolute Gasteiger partial charge is 0.163 e. The van der Waals surface area contributed by atoms with Crippen LogP contribution in [0.4, 0.5) is 0 Å². The molecule has 3 aliphatic rings. The summed E-state index contributed by atoms with van der Waals surface area (Å²) in [6, 6.07) is 29.0. The number of benzene rings is 4. The Kier molecular flexibility index (Phi) is 8.10. The molecule has 7 rings (SSSR count). The van der Waals surface area contributed by atoms with Gasteiger partial charge in [0.25, 0.3) is 0 Å². The van der Waals surface area contributed by atoms with Crippen LogP contribution in [0.5, 0.6) is 0 Å². The summed E-state index contributed by atoms with van der Waals surface area (Å²) in [5.74, 6) is -0.755. The van der Waals surface area contributed by atoms with Gasteiger partial charge in [0.15, 0.2) is 5.79 Å². The Morgan fingerprint density at radius 3 is 0.938 bits per heavy atom. The highest BCUT2D eigenvalue weighted by Crippen LogP contribution is 2.57. The topological polar surface area (TPSA) is 18.5 Å². The molecule has 0 radical (unpaired) electrons. The maximum atomic E-state index is 7.51. The van der Waals surface area contributed by atoms with Crippen molar-refractivity contribution in [2.75, 3.05) is 26.2 Å². The molecular formula is C45H56NO2+. The fourth-order valence-electron chi connectivity index (χ4n) is 10.4. The molecular weight excluding hydrogens is 587 g/mol. The maximum absolute atomic E-state index is 7.51. The van der Waals surface area contributed by atoms with E-state index in [1.165, 1.54) is 79.6 Å². The molecule has 3 saturated heterocycles. The van der Waals surface area contributed by atoms with E-state index in [2.05, 4.69) is 142 Å². The number of fused-ring (bicyclic) bond motifs is 1. The Hall–Kier alpha value is -3.24. The molecule has 3 heteroatoms. The molecule has 3 nitrogen and oxygen atoms in total. The Balaban J connectivity index is 1.66. The largest absolute Gasteiger partial charge is 0.343 e. The van der Waals surface area contributed by atoms with E-state index >= 15 is 0 Å². The van der Waals surface area contributed by atoms with Gasteiger partial charge in [-0.05, 0) is 91.5 Å². The Morgan fingerprint density at radius 2 is 0.688 bits per heavy atom. The van der Waals surface area contributed by atoms with Crippen molar-refractivity contribution in [1.82, 2.24) is 0 Å². The van der Waals surface area contributed by atoms with E-state index in [4.69, 9.17) is 9.47 Å². The summed E-state index contributed by atoms with van der Waals surface area (Å²) in [6.07, 6.45) is 2.03. The predicted octanol–water partition coefficient (Wildman–Crippen LogP) is 9.57. The first-order valence-electron chi connectivity index (χ1n) is 18.2. The molecule has 0 amide bonds. The summed E-state index contributed by atoms with van der Waals surface area (Å²) in [4.78, 5) is 0. The molecule has 0 aromatic heterocycles. The zero-order valence-corrected chi connectivity index (χ0v) is 31.1. The van der Waals surface area contributed by atoms with E-state index in [0.717, 1.165) is 30.7 Å². The van der Waals surface area contributed by atoms with Gasteiger partial charge in [-0.2, -0.15) is 0 Å². The molecule has 0 N–H and O–H groups in total. The predicted molar refractivity (Wildman–Crippen MR) is 198 cm³/mol. The first-order valence-corrected chi connectivity index (χ1v) is 18.2. The van der Waals surface area contributed by atoms with Crippen LogP contribution in [0.25, 0.3) is 0 Å². The van der Waals surface area contributed by atoms with Gasteiger partial charge in [-0.3, -0.25) is 0 Å². The van der Waals surface area contributed by atoms with Crippen molar-refractivity contribution in [2.45, 2.75) is 111 Å². The summed E-state index contributed by atoms with van der Waals surface area (Å²) in [5, 5.41) is 0. The number of nitrogens with zero attached hydrogens (tertiary/aromatic N) is 1. The zero-order chi connectivity index (χ0) is 34.2. The minimum Gasteiger partial charge on any atom is -0.343 e. The van der Waals surface area contributed by atoms with Crippen molar-refractivity contribution in [1.29, 1.82) is 0 Å². The quantitative estimate of drug-likeness (QED) is 0.207. The van der Waals surface area contributed by atoms with Crippen LogP contribution in [0.15, 0.2) is 72.8 Å². The molecule has 3 fully saturated rings. The van der Waals surface area contributed by atoms with Crippen molar-refractivity contribution < 1.29 is 14.0 Å². The lowest BCUT2D eigenvalue weighted by atomic mass is 9.62. The number of ether oxygens (including phenoxy) is 2. The Morgan fingerprint density at radius 1 is 0.438 bits per heavy atom. The van der Waals surface area contributed by atoms with Gasteiger partial charge < -0.3 is 14.0 Å². The number of hydrogen-bond donors (Lipinski definition) is 0. The zero-order valence-electron chi connectivity index (χ0n) is 31.1. The molecule has 0 bridgehead atoms. The first-order chi connectivity index (χ1) is 22.6. The minimum absolute atomic E-state index is 0.227. The fraction of sp³-hybridized carbons (Fsp3) is 0.467. The van der Waals surface area contributed by atoms with Gasteiger partial charge in [0.2, 0.25) is 0 Å². The van der Waals surface area contributed by atoms with Gasteiger partial charge in [0, 0.05) is 12.8 Å².